The zero-order valence-electron chi connectivity index (χ0n) is 37.7. The highest BCUT2D eigenvalue weighted by Gasteiger charge is 2.58. The van der Waals surface area contributed by atoms with E-state index in [0.717, 1.165) is 12.8 Å². The highest BCUT2D eigenvalue weighted by atomic mass is 15.4. The van der Waals surface area contributed by atoms with Gasteiger partial charge in [-0.15, -0.1) is 6.42 Å². The molecule has 9 fully saturated rings. The Morgan fingerprint density at radius 2 is 0.785 bits per heavy atom. The zero-order chi connectivity index (χ0) is 43.4. The van der Waals surface area contributed by atoms with Crippen LogP contribution in [-0.2, 0) is 0 Å². The molecule has 12 rings (SSSR count). The first-order chi connectivity index (χ1) is 32.1. The van der Waals surface area contributed by atoms with E-state index in [0.29, 0.717) is 71.0 Å². The van der Waals surface area contributed by atoms with Crippen LogP contribution in [0, 0.1) is 65.6 Å². The SMILES string of the molecule is C#C/C=C(\C=C/N)C1CCCC2C3NC(NC4NC(NC5NC(NC6NC(N3)C3C(c7ccncc7)CCCC63)C3C(c6ccncc6)CCCC53)C3C(c5ccncc5)CCCC43)C12. The fraction of sp³-hybridized carbons (Fsp3) is 0.604. The van der Waals surface area contributed by atoms with E-state index in [1.54, 1.807) is 6.20 Å². The van der Waals surface area contributed by atoms with Crippen LogP contribution in [0.5, 0.6) is 0 Å². The Hall–Kier alpha value is -4.03. The first kappa shape index (κ1) is 42.3. The smallest absolute Gasteiger partial charge is 0.0634 e. The van der Waals surface area contributed by atoms with Crippen molar-refractivity contribution in [2.24, 2.45) is 59.0 Å². The molecular formula is C53H70N12. The van der Waals surface area contributed by atoms with Gasteiger partial charge in [0.15, 0.2) is 0 Å². The lowest BCUT2D eigenvalue weighted by molar-refractivity contribution is 0.133. The first-order valence-corrected chi connectivity index (χ1v) is 25.5. The Balaban J connectivity index is 0.964. The number of nitrogens with two attached hydrogens (primary N) is 1. The molecule has 3 aromatic heterocycles. The molecular weight excluding hydrogens is 805 g/mol. The fourth-order valence-corrected chi connectivity index (χ4v) is 16.2. The van der Waals surface area contributed by atoms with Crippen LogP contribution in [0.15, 0.2) is 97.5 Å². The summed E-state index contributed by atoms with van der Waals surface area (Å²) in [5.41, 5.74) is 11.6. The Kier molecular flexibility index (Phi) is 11.9. The normalized spacial score (nSPS) is 44.7. The van der Waals surface area contributed by atoms with Gasteiger partial charge in [0.1, 0.15) is 0 Å². The van der Waals surface area contributed by atoms with Crippen molar-refractivity contribution in [3.8, 4) is 12.3 Å². The van der Waals surface area contributed by atoms with Crippen molar-refractivity contribution in [2.45, 2.75) is 144 Å². The summed E-state index contributed by atoms with van der Waals surface area (Å²) in [7, 11) is 0. The van der Waals surface area contributed by atoms with Gasteiger partial charge in [-0.25, -0.2) is 0 Å². The number of aromatic nitrogens is 3. The number of rotatable bonds is 5. The summed E-state index contributed by atoms with van der Waals surface area (Å²) in [5, 5.41) is 35.0. The molecule has 20 atom stereocenters. The molecule has 342 valence electrons. The molecule has 0 spiro atoms. The first-order valence-electron chi connectivity index (χ1n) is 25.5. The average Bonchev–Trinajstić information content (AvgIpc) is 4.10. The van der Waals surface area contributed by atoms with Crippen molar-refractivity contribution in [3.63, 3.8) is 0 Å². The van der Waals surface area contributed by atoms with Crippen LogP contribution < -0.4 is 48.3 Å². The van der Waals surface area contributed by atoms with E-state index in [9.17, 15) is 0 Å². The minimum Gasteiger partial charge on any atom is -0.405 e. The predicted octanol–water partition coefficient (Wildman–Crippen LogP) is 5.23. The standard InChI is InChI=1S/C53H70N12/c1-2-7-30(16-23-54)34-8-3-12-38-42(34)50-58-46(38)60-51-44-36(32-19-26-56-27-20-32)10-5-14-40(44)48(62-51)64-53-45-37(33-21-28-57-29-22-33)11-6-15-41(45)49(65-53)63-52-43-35(31-17-24-55-25-18-31)9-4-13-39(43)47(59-50)61-52/h1,7,16-29,34-53,58-65H,3-6,8-15,54H2/b23-16-,30-7+. The summed E-state index contributed by atoms with van der Waals surface area (Å²) in [5.74, 6) is 7.94. The van der Waals surface area contributed by atoms with Gasteiger partial charge in [0.25, 0.3) is 0 Å². The summed E-state index contributed by atoms with van der Waals surface area (Å²) in [6, 6.07) is 13.7. The Bertz CT molecular complexity index is 2160. The van der Waals surface area contributed by atoms with Crippen LogP contribution >= 0.6 is 0 Å². The molecule has 10 N–H and O–H groups in total. The van der Waals surface area contributed by atoms with Crippen LogP contribution in [0.1, 0.15) is 111 Å². The fourth-order valence-electron chi connectivity index (χ4n) is 16.2. The number of fused-ring (bicyclic) bond motifs is 20. The second-order valence-electron chi connectivity index (χ2n) is 21.3. The van der Waals surface area contributed by atoms with Crippen LogP contribution in [-0.4, -0.2) is 64.3 Å². The zero-order valence-corrected chi connectivity index (χ0v) is 37.7. The second kappa shape index (κ2) is 18.2. The molecule has 12 nitrogen and oxygen atoms in total. The number of nitrogens with one attached hydrogen (secondary N) is 8. The highest BCUT2D eigenvalue weighted by Crippen LogP contribution is 2.53. The topological polar surface area (TPSA) is 161 Å². The van der Waals surface area contributed by atoms with Crippen LogP contribution in [0.2, 0.25) is 0 Å². The Morgan fingerprint density at radius 3 is 1.12 bits per heavy atom. The van der Waals surface area contributed by atoms with Crippen molar-refractivity contribution in [3.05, 3.63) is 114 Å². The number of terminal acetylenes is 1. The van der Waals surface area contributed by atoms with E-state index < -0.39 is 0 Å². The largest absolute Gasteiger partial charge is 0.405 e. The molecule has 5 aliphatic heterocycles. The van der Waals surface area contributed by atoms with E-state index in [1.807, 2.05) is 43.3 Å². The molecule has 0 radical (unpaired) electrons. The maximum Gasteiger partial charge on any atom is 0.0634 e. The lowest BCUT2D eigenvalue weighted by Crippen LogP contribution is -2.62. The third-order valence-electron chi connectivity index (χ3n) is 18.5. The lowest BCUT2D eigenvalue weighted by atomic mass is 9.67. The molecule has 65 heavy (non-hydrogen) atoms. The molecule has 0 amide bonds. The van der Waals surface area contributed by atoms with Gasteiger partial charge in [-0.1, -0.05) is 31.6 Å². The molecule has 4 saturated carbocycles. The van der Waals surface area contributed by atoms with Crippen LogP contribution in [0.4, 0.5) is 0 Å². The summed E-state index contributed by atoms with van der Waals surface area (Å²) in [6.07, 6.45) is 39.1. The summed E-state index contributed by atoms with van der Waals surface area (Å²) < 4.78 is 0. The van der Waals surface area contributed by atoms with Crippen molar-refractivity contribution in [1.82, 2.24) is 57.5 Å². The summed E-state index contributed by atoms with van der Waals surface area (Å²) in [4.78, 5) is 13.4. The minimum absolute atomic E-state index is 0.0764. The van der Waals surface area contributed by atoms with Gasteiger partial charge in [0.2, 0.25) is 0 Å². The molecule has 5 saturated heterocycles. The maximum absolute atomic E-state index is 6.16. The van der Waals surface area contributed by atoms with Crippen LogP contribution in [0.3, 0.4) is 0 Å². The number of nitrogens with zero attached hydrogens (tertiary/aromatic N) is 3. The maximum atomic E-state index is 6.16. The average molecular weight is 875 g/mol. The molecule has 20 unspecified atom stereocenters. The van der Waals surface area contributed by atoms with E-state index >= 15 is 0 Å². The second-order valence-corrected chi connectivity index (χ2v) is 21.3. The van der Waals surface area contributed by atoms with E-state index in [-0.39, 0.29) is 49.3 Å². The van der Waals surface area contributed by atoms with Gasteiger partial charge in [-0.2, -0.15) is 0 Å². The minimum atomic E-state index is 0.0764. The molecule has 0 aromatic carbocycles. The van der Waals surface area contributed by atoms with Gasteiger partial charge < -0.3 is 5.73 Å². The van der Waals surface area contributed by atoms with Crippen molar-refractivity contribution < 1.29 is 0 Å². The van der Waals surface area contributed by atoms with E-state index in [1.165, 1.54) is 86.5 Å². The van der Waals surface area contributed by atoms with E-state index in [2.05, 4.69) is 106 Å². The molecule has 12 heteroatoms. The third-order valence-corrected chi connectivity index (χ3v) is 18.5. The highest BCUT2D eigenvalue weighted by molar-refractivity contribution is 5.32. The number of hydrogen-bond acceptors (Lipinski definition) is 12. The number of pyridine rings is 3. The van der Waals surface area contributed by atoms with Gasteiger partial charge in [-0.05, 0) is 199 Å². The third kappa shape index (κ3) is 7.68. The van der Waals surface area contributed by atoms with Gasteiger partial charge >= 0.3 is 0 Å². The lowest BCUT2D eigenvalue weighted by Gasteiger charge is -2.41. The summed E-state index contributed by atoms with van der Waals surface area (Å²) >= 11 is 0. The predicted molar refractivity (Wildman–Crippen MR) is 253 cm³/mol. The number of allylic oxidation sites excluding steroid dienone is 3. The molecule has 8 heterocycles. The van der Waals surface area contributed by atoms with Gasteiger partial charge in [-0.3, -0.25) is 57.5 Å². The summed E-state index contributed by atoms with van der Waals surface area (Å²) in [6.45, 7) is 0. The molecule has 3 aromatic rings. The van der Waals surface area contributed by atoms with E-state index in [4.69, 9.17) is 12.2 Å². The Labute approximate surface area is 385 Å². The molecule has 9 aliphatic rings. The van der Waals surface area contributed by atoms with Crippen molar-refractivity contribution >= 4 is 0 Å². The van der Waals surface area contributed by atoms with Crippen LogP contribution in [0.25, 0.3) is 0 Å². The molecule has 4 aliphatic carbocycles. The number of hydrogen-bond donors (Lipinski definition) is 9. The quantitative estimate of drug-likeness (QED) is 0.122. The van der Waals surface area contributed by atoms with Crippen molar-refractivity contribution in [2.75, 3.05) is 0 Å². The molecule has 8 bridgehead atoms. The Morgan fingerprint density at radius 1 is 0.462 bits per heavy atom. The monoisotopic (exact) mass is 875 g/mol. The van der Waals surface area contributed by atoms with Gasteiger partial charge in [0.05, 0.1) is 49.3 Å². The van der Waals surface area contributed by atoms with Gasteiger partial charge in [0, 0.05) is 37.2 Å². The van der Waals surface area contributed by atoms with Crippen molar-refractivity contribution in [1.29, 1.82) is 0 Å².